The van der Waals surface area contributed by atoms with Crippen molar-refractivity contribution in [3.05, 3.63) is 16.7 Å². The fourth-order valence-corrected chi connectivity index (χ4v) is 1.66. The third kappa shape index (κ3) is 2.08. The number of aryl methyl sites for hydroxylation is 1. The van der Waals surface area contributed by atoms with Crippen LogP contribution in [0.1, 0.15) is 30.2 Å². The van der Waals surface area contributed by atoms with E-state index in [4.69, 9.17) is 20.9 Å². The van der Waals surface area contributed by atoms with Crippen LogP contribution in [-0.4, -0.2) is 27.7 Å². The summed E-state index contributed by atoms with van der Waals surface area (Å²) in [6, 6.07) is 0. The van der Waals surface area contributed by atoms with Gasteiger partial charge in [0.1, 0.15) is 10.5 Å². The second-order valence-electron chi connectivity index (χ2n) is 3.22. The van der Waals surface area contributed by atoms with Gasteiger partial charge in [-0.25, -0.2) is 9.78 Å². The van der Waals surface area contributed by atoms with Gasteiger partial charge in [-0.2, -0.15) is 4.98 Å². The third-order valence-corrected chi connectivity index (χ3v) is 2.43. The van der Waals surface area contributed by atoms with Crippen LogP contribution >= 0.6 is 11.6 Å². The molecule has 17 heavy (non-hydrogen) atoms. The number of halogens is 1. The maximum absolute atomic E-state index is 11.4. The molecule has 2 rings (SSSR count). The lowest BCUT2D eigenvalue weighted by atomic mass is 10.2. The predicted octanol–water partition coefficient (Wildman–Crippen LogP) is 2.01. The van der Waals surface area contributed by atoms with Gasteiger partial charge < -0.3 is 9.26 Å². The lowest BCUT2D eigenvalue weighted by Crippen LogP contribution is -2.09. The van der Waals surface area contributed by atoms with Crippen LogP contribution in [0.4, 0.5) is 0 Å². The second-order valence-corrected chi connectivity index (χ2v) is 3.58. The van der Waals surface area contributed by atoms with Gasteiger partial charge in [0.15, 0.2) is 0 Å². The molecule has 2 heterocycles. The van der Waals surface area contributed by atoms with Crippen molar-refractivity contribution in [1.29, 1.82) is 0 Å². The maximum Gasteiger partial charge on any atom is 0.376 e. The van der Waals surface area contributed by atoms with E-state index in [-0.39, 0.29) is 23.3 Å². The molecule has 0 saturated heterocycles. The first-order chi connectivity index (χ1) is 8.17. The summed E-state index contributed by atoms with van der Waals surface area (Å²) in [7, 11) is 0. The summed E-state index contributed by atoms with van der Waals surface area (Å²) < 4.78 is 9.78. The van der Waals surface area contributed by atoms with Crippen LogP contribution in [-0.2, 0) is 11.2 Å². The molecular weight excluding hydrogens is 246 g/mol. The highest BCUT2D eigenvalue weighted by atomic mass is 35.5. The van der Waals surface area contributed by atoms with E-state index >= 15 is 0 Å². The van der Waals surface area contributed by atoms with Crippen molar-refractivity contribution >= 4 is 28.7 Å². The van der Waals surface area contributed by atoms with Crippen molar-refractivity contribution in [2.24, 2.45) is 0 Å². The molecule has 0 aliphatic carbocycles. The van der Waals surface area contributed by atoms with Gasteiger partial charge in [0.25, 0.3) is 5.71 Å². The molecule has 6 nitrogen and oxygen atoms in total. The Hall–Kier alpha value is -1.69. The zero-order chi connectivity index (χ0) is 12.4. The summed E-state index contributed by atoms with van der Waals surface area (Å²) in [5.41, 5.74) is 0.866. The highest BCUT2D eigenvalue weighted by Crippen LogP contribution is 2.24. The average Bonchev–Trinajstić information content (AvgIpc) is 2.72. The standard InChI is InChI=1S/C10H10ClN3O3/c1-3-5-6-7(11)12-8(10(15)16-4-2)13-9(6)17-14-5/h3-4H2,1-2H3. The fourth-order valence-electron chi connectivity index (χ4n) is 1.39. The number of hydrogen-bond donors (Lipinski definition) is 0. The predicted molar refractivity (Wildman–Crippen MR) is 59.9 cm³/mol. The van der Waals surface area contributed by atoms with Crippen molar-refractivity contribution in [3.8, 4) is 0 Å². The molecule has 90 valence electrons. The molecule has 0 aromatic carbocycles. The van der Waals surface area contributed by atoms with Crippen molar-refractivity contribution in [2.75, 3.05) is 6.61 Å². The first-order valence-corrected chi connectivity index (χ1v) is 5.54. The minimum atomic E-state index is -0.634. The SMILES string of the molecule is CCOC(=O)c1nc(Cl)c2c(CC)noc2n1. The molecule has 0 atom stereocenters. The summed E-state index contributed by atoms with van der Waals surface area (Å²) in [5, 5.41) is 4.50. The van der Waals surface area contributed by atoms with E-state index in [0.29, 0.717) is 17.5 Å². The summed E-state index contributed by atoms with van der Waals surface area (Å²) in [4.78, 5) is 19.3. The van der Waals surface area contributed by atoms with Crippen molar-refractivity contribution in [1.82, 2.24) is 15.1 Å². The van der Waals surface area contributed by atoms with E-state index in [1.807, 2.05) is 6.92 Å². The molecule has 0 radical (unpaired) electrons. The van der Waals surface area contributed by atoms with Crippen LogP contribution in [0.2, 0.25) is 5.15 Å². The number of ether oxygens (including phenoxy) is 1. The molecule has 0 fully saturated rings. The number of carbonyl (C=O) groups is 1. The summed E-state index contributed by atoms with van der Waals surface area (Å²) in [6.45, 7) is 3.85. The highest BCUT2D eigenvalue weighted by molar-refractivity contribution is 6.34. The van der Waals surface area contributed by atoms with Crippen molar-refractivity contribution in [3.63, 3.8) is 0 Å². The molecule has 0 amide bonds. The monoisotopic (exact) mass is 255 g/mol. The first kappa shape index (κ1) is 11.8. The van der Waals surface area contributed by atoms with Crippen LogP contribution in [0.5, 0.6) is 0 Å². The quantitative estimate of drug-likeness (QED) is 0.617. The average molecular weight is 256 g/mol. The molecule has 7 heteroatoms. The van der Waals surface area contributed by atoms with Gasteiger partial charge in [-0.1, -0.05) is 23.7 Å². The molecule has 0 aliphatic heterocycles. The van der Waals surface area contributed by atoms with Crippen molar-refractivity contribution in [2.45, 2.75) is 20.3 Å². The number of carbonyl (C=O) groups excluding carboxylic acids is 1. The topological polar surface area (TPSA) is 78.1 Å². The number of hydrogen-bond acceptors (Lipinski definition) is 6. The van der Waals surface area contributed by atoms with E-state index < -0.39 is 5.97 Å². The van der Waals surface area contributed by atoms with E-state index in [2.05, 4.69) is 15.1 Å². The smallest absolute Gasteiger partial charge is 0.376 e. The van der Waals surface area contributed by atoms with E-state index in [1.54, 1.807) is 6.92 Å². The van der Waals surface area contributed by atoms with E-state index in [9.17, 15) is 4.79 Å². The lowest BCUT2D eigenvalue weighted by Gasteiger charge is -2.00. The first-order valence-electron chi connectivity index (χ1n) is 5.16. The molecule has 0 N–H and O–H groups in total. The van der Waals surface area contributed by atoms with Crippen molar-refractivity contribution < 1.29 is 14.1 Å². The van der Waals surface area contributed by atoms with Gasteiger partial charge in [0.2, 0.25) is 5.82 Å². The molecule has 0 saturated carbocycles. The van der Waals surface area contributed by atoms with Gasteiger partial charge >= 0.3 is 5.97 Å². The number of aromatic nitrogens is 3. The Bertz CT molecular complexity index is 567. The highest BCUT2D eigenvalue weighted by Gasteiger charge is 2.19. The van der Waals surface area contributed by atoms with Gasteiger partial charge in [-0.3, -0.25) is 0 Å². The van der Waals surface area contributed by atoms with Gasteiger partial charge in [-0.15, -0.1) is 0 Å². The van der Waals surface area contributed by atoms with Crippen LogP contribution in [0, 0.1) is 0 Å². The fraction of sp³-hybridized carbons (Fsp3) is 0.400. The zero-order valence-corrected chi connectivity index (χ0v) is 10.1. The number of rotatable bonds is 3. The Morgan fingerprint density at radius 2 is 2.18 bits per heavy atom. The van der Waals surface area contributed by atoms with Gasteiger partial charge in [0, 0.05) is 0 Å². The number of esters is 1. The molecule has 0 bridgehead atoms. The lowest BCUT2D eigenvalue weighted by molar-refractivity contribution is 0.0512. The minimum absolute atomic E-state index is 0.122. The molecule has 0 aliphatic rings. The Morgan fingerprint density at radius 3 is 2.82 bits per heavy atom. The number of nitrogens with zero attached hydrogens (tertiary/aromatic N) is 3. The van der Waals surface area contributed by atoms with Crippen LogP contribution in [0.3, 0.4) is 0 Å². The summed E-state index contributed by atoms with van der Waals surface area (Å²) in [6.07, 6.45) is 0.648. The van der Waals surface area contributed by atoms with E-state index in [0.717, 1.165) is 0 Å². The molecular formula is C10H10ClN3O3. The third-order valence-electron chi connectivity index (χ3n) is 2.16. The van der Waals surface area contributed by atoms with Crippen LogP contribution in [0.15, 0.2) is 4.52 Å². The Balaban J connectivity index is 2.53. The van der Waals surface area contributed by atoms with Crippen LogP contribution in [0.25, 0.3) is 11.1 Å². The normalized spacial score (nSPS) is 10.8. The summed E-state index contributed by atoms with van der Waals surface area (Å²) in [5.74, 6) is -0.756. The molecule has 2 aromatic rings. The minimum Gasteiger partial charge on any atom is -0.460 e. The molecule has 2 aromatic heterocycles. The largest absolute Gasteiger partial charge is 0.460 e. The second kappa shape index (κ2) is 4.67. The Kier molecular flexibility index (Phi) is 3.23. The molecule has 0 unspecified atom stereocenters. The summed E-state index contributed by atoms with van der Waals surface area (Å²) >= 11 is 5.97. The zero-order valence-electron chi connectivity index (χ0n) is 9.36. The van der Waals surface area contributed by atoms with Gasteiger partial charge in [0.05, 0.1) is 12.3 Å². The Morgan fingerprint density at radius 1 is 1.41 bits per heavy atom. The van der Waals surface area contributed by atoms with Gasteiger partial charge in [-0.05, 0) is 13.3 Å². The number of fused-ring (bicyclic) bond motifs is 1. The van der Waals surface area contributed by atoms with E-state index in [1.165, 1.54) is 0 Å². The van der Waals surface area contributed by atoms with Crippen LogP contribution < -0.4 is 0 Å². The Labute approximate surface area is 102 Å². The maximum atomic E-state index is 11.4. The molecule has 0 spiro atoms.